The molecule has 308 valence electrons. The van der Waals surface area contributed by atoms with E-state index in [0.29, 0.717) is 26.2 Å². The molecule has 3 amide bonds. The van der Waals surface area contributed by atoms with Gasteiger partial charge >= 0.3 is 11.9 Å². The minimum atomic E-state index is -1.21. The molecule has 0 aromatic carbocycles. The number of carbonyl (C=O) groups is 6. The first-order valence-corrected chi connectivity index (χ1v) is 19.6. The number of hydrogen-bond acceptors (Lipinski definition) is 10. The Hall–Kier alpha value is -3.14. The van der Waals surface area contributed by atoms with Crippen molar-refractivity contribution in [2.75, 3.05) is 65.9 Å². The number of carboxylic acid groups (broad SMARTS) is 2. The Morgan fingerprint density at radius 1 is 0.491 bits per heavy atom. The van der Waals surface area contributed by atoms with E-state index in [4.69, 9.17) is 24.1 Å². The van der Waals surface area contributed by atoms with Crippen molar-refractivity contribution in [1.82, 2.24) is 16.0 Å². The maximum absolute atomic E-state index is 12.0. The zero-order chi connectivity index (χ0) is 39.4. The average molecular weight is 760 g/mol. The molecule has 0 saturated heterocycles. The van der Waals surface area contributed by atoms with Crippen LogP contribution in [0.5, 0.6) is 0 Å². The van der Waals surface area contributed by atoms with Gasteiger partial charge in [0.1, 0.15) is 25.0 Å². The summed E-state index contributed by atoms with van der Waals surface area (Å²) in [7, 11) is 0. The molecule has 0 heterocycles. The molecular formula is C38H69N3O12. The van der Waals surface area contributed by atoms with Crippen molar-refractivity contribution < 1.29 is 57.9 Å². The molecular weight excluding hydrogens is 690 g/mol. The SMILES string of the molecule is CC(C)C(=O)CC[C@H](NC(=O)COCCOCCNC(=O)COCCOCCNC(=O)CCCCCCCCCCCCCCCCC(=O)O)C(=O)O. The van der Waals surface area contributed by atoms with Crippen LogP contribution >= 0.6 is 0 Å². The molecule has 0 aliphatic rings. The van der Waals surface area contributed by atoms with Crippen molar-refractivity contribution in [2.24, 2.45) is 5.92 Å². The molecule has 0 rings (SSSR count). The number of ketones is 1. The van der Waals surface area contributed by atoms with Gasteiger partial charge in [-0.1, -0.05) is 90.9 Å². The Morgan fingerprint density at radius 3 is 1.36 bits per heavy atom. The zero-order valence-corrected chi connectivity index (χ0v) is 32.4. The van der Waals surface area contributed by atoms with Crippen LogP contribution in [0.25, 0.3) is 0 Å². The fourth-order valence-corrected chi connectivity index (χ4v) is 5.19. The Bertz CT molecular complexity index is 995. The second kappa shape index (κ2) is 35.9. The van der Waals surface area contributed by atoms with Gasteiger partial charge in [0.25, 0.3) is 0 Å². The van der Waals surface area contributed by atoms with E-state index in [1.165, 1.54) is 51.4 Å². The van der Waals surface area contributed by atoms with E-state index in [0.717, 1.165) is 38.5 Å². The Morgan fingerprint density at radius 2 is 0.906 bits per heavy atom. The summed E-state index contributed by atoms with van der Waals surface area (Å²) < 4.78 is 21.3. The highest BCUT2D eigenvalue weighted by Crippen LogP contribution is 2.14. The smallest absolute Gasteiger partial charge is 0.326 e. The molecule has 0 aliphatic heterocycles. The molecule has 1 atom stereocenters. The number of carbonyl (C=O) groups excluding carboxylic acids is 4. The molecule has 0 aromatic heterocycles. The minimum absolute atomic E-state index is 0.0141. The summed E-state index contributed by atoms with van der Waals surface area (Å²) in [6, 6.07) is -1.16. The van der Waals surface area contributed by atoms with Crippen LogP contribution in [0, 0.1) is 5.92 Å². The van der Waals surface area contributed by atoms with Gasteiger partial charge in [0, 0.05) is 38.3 Å². The van der Waals surface area contributed by atoms with Gasteiger partial charge in [0.2, 0.25) is 17.7 Å². The van der Waals surface area contributed by atoms with Crippen molar-refractivity contribution in [2.45, 2.75) is 135 Å². The lowest BCUT2D eigenvalue weighted by Gasteiger charge is -2.15. The molecule has 0 unspecified atom stereocenters. The van der Waals surface area contributed by atoms with Crippen LogP contribution in [0.2, 0.25) is 0 Å². The lowest BCUT2D eigenvalue weighted by atomic mass is 10.0. The van der Waals surface area contributed by atoms with Crippen molar-refractivity contribution in [3.05, 3.63) is 0 Å². The van der Waals surface area contributed by atoms with Gasteiger partial charge in [0.15, 0.2) is 0 Å². The van der Waals surface area contributed by atoms with Crippen molar-refractivity contribution in [3.8, 4) is 0 Å². The third-order valence-corrected chi connectivity index (χ3v) is 8.35. The van der Waals surface area contributed by atoms with Gasteiger partial charge in [-0.15, -0.1) is 0 Å². The average Bonchev–Trinajstić information content (AvgIpc) is 3.11. The second-order valence-corrected chi connectivity index (χ2v) is 13.5. The largest absolute Gasteiger partial charge is 0.481 e. The highest BCUT2D eigenvalue weighted by Gasteiger charge is 2.21. The predicted molar refractivity (Wildman–Crippen MR) is 199 cm³/mol. The van der Waals surface area contributed by atoms with Gasteiger partial charge in [-0.3, -0.25) is 24.0 Å². The summed E-state index contributed by atoms with van der Waals surface area (Å²) in [5.41, 5.74) is 0. The number of amides is 3. The maximum Gasteiger partial charge on any atom is 0.326 e. The van der Waals surface area contributed by atoms with E-state index >= 15 is 0 Å². The molecule has 0 spiro atoms. The standard InChI is InChI=1S/C38H69N3O12/c1-31(2)33(42)20-19-32(38(48)49)41-36(45)30-53-28-26-51-24-22-40-35(44)29-52-27-25-50-23-21-39-34(43)17-15-13-11-9-7-5-3-4-6-8-10-12-14-16-18-37(46)47/h31-32H,3-30H2,1-2H3,(H,39,43)(H,40,44)(H,41,45)(H,46,47)(H,48,49)/t32-/m0/s1. The van der Waals surface area contributed by atoms with Crippen LogP contribution in [0.1, 0.15) is 129 Å². The molecule has 0 aliphatic carbocycles. The highest BCUT2D eigenvalue weighted by atomic mass is 16.5. The topological polar surface area (TPSA) is 216 Å². The Balaban J connectivity index is 3.47. The summed E-state index contributed by atoms with van der Waals surface area (Å²) in [4.78, 5) is 69.3. The number of aliphatic carboxylic acids is 2. The first-order valence-electron chi connectivity index (χ1n) is 19.6. The van der Waals surface area contributed by atoms with Crippen LogP contribution in [0.3, 0.4) is 0 Å². The molecule has 53 heavy (non-hydrogen) atoms. The van der Waals surface area contributed by atoms with Crippen LogP contribution < -0.4 is 16.0 Å². The van der Waals surface area contributed by atoms with E-state index in [2.05, 4.69) is 16.0 Å². The third kappa shape index (κ3) is 35.6. The van der Waals surface area contributed by atoms with Gasteiger partial charge in [-0.25, -0.2) is 4.79 Å². The number of hydrogen-bond donors (Lipinski definition) is 5. The number of nitrogens with one attached hydrogen (secondary N) is 3. The van der Waals surface area contributed by atoms with Crippen LogP contribution in [0.4, 0.5) is 0 Å². The molecule has 0 bridgehead atoms. The zero-order valence-electron chi connectivity index (χ0n) is 32.4. The number of ether oxygens (including phenoxy) is 4. The van der Waals surface area contributed by atoms with Crippen molar-refractivity contribution in [1.29, 1.82) is 0 Å². The molecule has 15 heteroatoms. The van der Waals surface area contributed by atoms with Gasteiger partial charge in [0.05, 0.1) is 39.6 Å². The first kappa shape index (κ1) is 49.9. The number of rotatable bonds is 39. The fourth-order valence-electron chi connectivity index (χ4n) is 5.19. The van der Waals surface area contributed by atoms with E-state index < -0.39 is 23.9 Å². The molecule has 0 fully saturated rings. The highest BCUT2D eigenvalue weighted by molar-refractivity contribution is 5.85. The van der Waals surface area contributed by atoms with Crippen molar-refractivity contribution in [3.63, 3.8) is 0 Å². The number of Topliss-reactive ketones (excluding diaryl/α,β-unsaturated/α-hetero) is 1. The third-order valence-electron chi connectivity index (χ3n) is 8.35. The fraction of sp³-hybridized carbons (Fsp3) is 0.842. The van der Waals surface area contributed by atoms with Gasteiger partial charge in [-0.05, 0) is 19.3 Å². The second-order valence-electron chi connectivity index (χ2n) is 13.5. The monoisotopic (exact) mass is 759 g/mol. The van der Waals surface area contributed by atoms with Crippen LogP contribution in [-0.4, -0.2) is 118 Å². The predicted octanol–water partition coefficient (Wildman–Crippen LogP) is 4.19. The van der Waals surface area contributed by atoms with Gasteiger partial charge < -0.3 is 45.1 Å². The summed E-state index contributed by atoms with van der Waals surface area (Å²) in [5.74, 6) is -3.05. The van der Waals surface area contributed by atoms with Crippen LogP contribution in [0.15, 0.2) is 0 Å². The Kier molecular flexibility index (Phi) is 33.7. The summed E-state index contributed by atoms with van der Waals surface area (Å²) in [5, 5.41) is 25.7. The van der Waals surface area contributed by atoms with Crippen LogP contribution in [-0.2, 0) is 47.7 Å². The first-order chi connectivity index (χ1) is 25.5. The quantitative estimate of drug-likeness (QED) is 0.0558. The maximum atomic E-state index is 12.0. The van der Waals surface area contributed by atoms with Gasteiger partial charge in [-0.2, -0.15) is 0 Å². The Labute approximate surface area is 316 Å². The molecule has 0 radical (unpaired) electrons. The summed E-state index contributed by atoms with van der Waals surface area (Å²) in [6.07, 6.45) is 17.0. The van der Waals surface area contributed by atoms with Crippen molar-refractivity contribution >= 4 is 35.4 Å². The number of carboxylic acids is 2. The minimum Gasteiger partial charge on any atom is -0.481 e. The lowest BCUT2D eigenvalue weighted by Crippen LogP contribution is -2.43. The number of unbranched alkanes of at least 4 members (excludes halogenated alkanes) is 13. The molecule has 0 aromatic rings. The normalized spacial score (nSPS) is 11.7. The lowest BCUT2D eigenvalue weighted by molar-refractivity contribution is -0.143. The van der Waals surface area contributed by atoms with E-state index in [9.17, 15) is 33.9 Å². The van der Waals surface area contributed by atoms with E-state index in [-0.39, 0.29) is 89.0 Å². The van der Waals surface area contributed by atoms with E-state index in [1.807, 2.05) is 0 Å². The molecule has 0 saturated carbocycles. The molecule has 5 N–H and O–H groups in total. The summed E-state index contributed by atoms with van der Waals surface area (Å²) >= 11 is 0. The molecule has 15 nitrogen and oxygen atoms in total. The summed E-state index contributed by atoms with van der Waals surface area (Å²) in [6.45, 7) is 5.09. The van der Waals surface area contributed by atoms with E-state index in [1.54, 1.807) is 13.8 Å².